The summed E-state index contributed by atoms with van der Waals surface area (Å²) in [5, 5.41) is 13.0. The number of rotatable bonds is 5. The molecular weight excluding hydrogens is 366 g/mol. The van der Waals surface area contributed by atoms with Crippen molar-refractivity contribution in [1.29, 1.82) is 5.26 Å². The number of aromatic nitrogens is 1. The normalized spacial score (nSPS) is 10.0. The molecule has 0 atom stereocenters. The molecule has 3 nitrogen and oxygen atoms in total. The van der Waals surface area contributed by atoms with Gasteiger partial charge in [-0.1, -0.05) is 66.2 Å². The summed E-state index contributed by atoms with van der Waals surface area (Å²) in [6, 6.07) is 26.1. The van der Waals surface area contributed by atoms with Gasteiger partial charge in [0, 0.05) is 29.3 Å². The summed E-state index contributed by atoms with van der Waals surface area (Å²) in [4.78, 5) is 3.34. The molecule has 0 radical (unpaired) electrons. The summed E-state index contributed by atoms with van der Waals surface area (Å²) < 4.78 is 0. The number of nitriles is 1. The number of H-pyrrole nitrogens is 1. The standard InChI is InChI=1S/C20H22N2.C7H5N/c1-14-4-7-17(8-5-14)16(3)21-11-10-18-13-22-20-9-6-15(2)12-19(18)20;8-6-7-4-2-1-3-5-7/h4-9,12-13,21-22H,3,10-11H2,1-2H3;1-5H. The van der Waals surface area contributed by atoms with Gasteiger partial charge in [0.2, 0.25) is 0 Å². The predicted molar refractivity (Wildman–Crippen MR) is 126 cm³/mol. The Morgan fingerprint density at radius 1 is 0.967 bits per heavy atom. The van der Waals surface area contributed by atoms with Crippen LogP contribution in [0.1, 0.15) is 27.8 Å². The van der Waals surface area contributed by atoms with Crippen molar-refractivity contribution in [1.82, 2.24) is 10.3 Å². The molecular formula is C27H27N3. The third kappa shape index (κ3) is 5.62. The van der Waals surface area contributed by atoms with E-state index in [1.807, 2.05) is 24.3 Å². The molecule has 150 valence electrons. The molecule has 1 aromatic heterocycles. The fraction of sp³-hybridized carbons (Fsp3) is 0.148. The van der Waals surface area contributed by atoms with Crippen LogP contribution in [0.25, 0.3) is 16.6 Å². The van der Waals surface area contributed by atoms with Crippen molar-refractivity contribution in [3.05, 3.63) is 113 Å². The molecule has 3 aromatic carbocycles. The van der Waals surface area contributed by atoms with Gasteiger partial charge in [-0.25, -0.2) is 0 Å². The van der Waals surface area contributed by atoms with Gasteiger partial charge in [0.05, 0.1) is 11.6 Å². The number of hydrogen-bond donors (Lipinski definition) is 2. The van der Waals surface area contributed by atoms with Crippen molar-refractivity contribution < 1.29 is 0 Å². The Morgan fingerprint density at radius 3 is 2.33 bits per heavy atom. The molecule has 4 aromatic rings. The molecule has 3 heteroatoms. The second-order valence-corrected chi connectivity index (χ2v) is 7.36. The summed E-state index contributed by atoms with van der Waals surface area (Å²) in [5.41, 5.74) is 7.97. The molecule has 1 heterocycles. The van der Waals surface area contributed by atoms with Crippen molar-refractivity contribution in [2.45, 2.75) is 20.3 Å². The Balaban J connectivity index is 0.000000269. The predicted octanol–water partition coefficient (Wildman–Crippen LogP) is 6.15. The molecule has 0 saturated carbocycles. The Bertz CT molecular complexity index is 1150. The van der Waals surface area contributed by atoms with E-state index in [4.69, 9.17) is 5.26 Å². The average molecular weight is 394 g/mol. The first-order valence-corrected chi connectivity index (χ1v) is 10.1. The molecule has 0 fully saturated rings. The zero-order chi connectivity index (χ0) is 21.3. The molecule has 30 heavy (non-hydrogen) atoms. The maximum absolute atomic E-state index is 8.29. The summed E-state index contributed by atoms with van der Waals surface area (Å²) in [6.07, 6.45) is 3.09. The first-order valence-electron chi connectivity index (χ1n) is 10.1. The average Bonchev–Trinajstić information content (AvgIpc) is 3.17. The number of benzene rings is 3. The van der Waals surface area contributed by atoms with Gasteiger partial charge in [-0.2, -0.15) is 5.26 Å². The fourth-order valence-electron chi connectivity index (χ4n) is 3.22. The van der Waals surface area contributed by atoms with Crippen LogP contribution >= 0.6 is 0 Å². The lowest BCUT2D eigenvalue weighted by Gasteiger charge is -2.10. The zero-order valence-corrected chi connectivity index (χ0v) is 17.6. The topological polar surface area (TPSA) is 51.6 Å². The van der Waals surface area contributed by atoms with Gasteiger partial charge < -0.3 is 10.3 Å². The van der Waals surface area contributed by atoms with Crippen molar-refractivity contribution in [3.8, 4) is 6.07 Å². The molecule has 0 amide bonds. The van der Waals surface area contributed by atoms with Crippen molar-refractivity contribution in [3.63, 3.8) is 0 Å². The van der Waals surface area contributed by atoms with Gasteiger partial charge in [0.25, 0.3) is 0 Å². The highest BCUT2D eigenvalue weighted by atomic mass is 14.9. The van der Waals surface area contributed by atoms with E-state index in [0.717, 1.165) is 24.2 Å². The summed E-state index contributed by atoms with van der Waals surface area (Å²) in [7, 11) is 0. The monoisotopic (exact) mass is 393 g/mol. The van der Waals surface area contributed by atoms with E-state index in [1.54, 1.807) is 12.1 Å². The lowest BCUT2D eigenvalue weighted by molar-refractivity contribution is 0.853. The van der Waals surface area contributed by atoms with Crippen LogP contribution in [-0.4, -0.2) is 11.5 Å². The molecule has 4 rings (SSSR count). The first kappa shape index (κ1) is 21.0. The maximum Gasteiger partial charge on any atom is 0.0991 e. The number of aryl methyl sites for hydroxylation is 2. The van der Waals surface area contributed by atoms with Gasteiger partial charge in [-0.05, 0) is 55.7 Å². The third-order valence-corrected chi connectivity index (χ3v) is 4.96. The van der Waals surface area contributed by atoms with Gasteiger partial charge in [-0.15, -0.1) is 0 Å². The summed E-state index contributed by atoms with van der Waals surface area (Å²) in [5.74, 6) is 0. The number of nitrogens with zero attached hydrogens (tertiary/aromatic N) is 1. The van der Waals surface area contributed by atoms with E-state index in [2.05, 4.69) is 79.4 Å². The Labute approximate surface area is 178 Å². The van der Waals surface area contributed by atoms with Crippen molar-refractivity contribution in [2.75, 3.05) is 6.54 Å². The molecule has 0 spiro atoms. The molecule has 2 N–H and O–H groups in total. The minimum absolute atomic E-state index is 0.715. The molecule has 0 aliphatic heterocycles. The third-order valence-electron chi connectivity index (χ3n) is 4.96. The minimum atomic E-state index is 0.715. The van der Waals surface area contributed by atoms with Crippen LogP contribution in [0.4, 0.5) is 0 Å². The Kier molecular flexibility index (Phi) is 7.08. The van der Waals surface area contributed by atoms with Crippen molar-refractivity contribution >= 4 is 16.6 Å². The van der Waals surface area contributed by atoms with Crippen LogP contribution in [0.15, 0.2) is 85.6 Å². The molecule has 0 saturated heterocycles. The molecule has 0 aliphatic rings. The van der Waals surface area contributed by atoms with Crippen LogP contribution in [0, 0.1) is 25.2 Å². The van der Waals surface area contributed by atoms with E-state index < -0.39 is 0 Å². The van der Waals surface area contributed by atoms with E-state index in [-0.39, 0.29) is 0 Å². The minimum Gasteiger partial charge on any atom is -0.385 e. The Hall–Kier alpha value is -3.77. The van der Waals surface area contributed by atoms with Gasteiger partial charge in [-0.3, -0.25) is 0 Å². The largest absolute Gasteiger partial charge is 0.385 e. The van der Waals surface area contributed by atoms with Crippen molar-refractivity contribution in [2.24, 2.45) is 0 Å². The van der Waals surface area contributed by atoms with E-state index >= 15 is 0 Å². The van der Waals surface area contributed by atoms with Gasteiger partial charge >= 0.3 is 0 Å². The number of hydrogen-bond acceptors (Lipinski definition) is 2. The quantitative estimate of drug-likeness (QED) is 0.427. The van der Waals surface area contributed by atoms with Crippen LogP contribution < -0.4 is 5.32 Å². The second kappa shape index (κ2) is 10.1. The fourth-order valence-corrected chi connectivity index (χ4v) is 3.22. The number of nitrogens with one attached hydrogen (secondary N) is 2. The van der Waals surface area contributed by atoms with Crippen LogP contribution in [0.5, 0.6) is 0 Å². The number of aromatic amines is 1. The second-order valence-electron chi connectivity index (χ2n) is 7.36. The maximum atomic E-state index is 8.29. The van der Waals surface area contributed by atoms with Gasteiger partial charge in [0.1, 0.15) is 0 Å². The summed E-state index contributed by atoms with van der Waals surface area (Å²) >= 11 is 0. The first-order chi connectivity index (χ1) is 14.6. The zero-order valence-electron chi connectivity index (χ0n) is 17.6. The van der Waals surface area contributed by atoms with E-state index in [0.29, 0.717) is 5.56 Å². The lowest BCUT2D eigenvalue weighted by Crippen LogP contribution is -2.14. The van der Waals surface area contributed by atoms with Crippen LogP contribution in [-0.2, 0) is 6.42 Å². The molecule has 0 bridgehead atoms. The van der Waals surface area contributed by atoms with E-state index in [1.165, 1.54) is 27.6 Å². The lowest BCUT2D eigenvalue weighted by atomic mass is 10.1. The van der Waals surface area contributed by atoms with E-state index in [9.17, 15) is 0 Å². The Morgan fingerprint density at radius 2 is 1.67 bits per heavy atom. The summed E-state index contributed by atoms with van der Waals surface area (Å²) in [6.45, 7) is 9.24. The van der Waals surface area contributed by atoms with Crippen LogP contribution in [0.2, 0.25) is 0 Å². The highest BCUT2D eigenvalue weighted by Gasteiger charge is 2.04. The smallest absolute Gasteiger partial charge is 0.0991 e. The van der Waals surface area contributed by atoms with Crippen LogP contribution in [0.3, 0.4) is 0 Å². The molecule has 0 unspecified atom stereocenters. The number of fused-ring (bicyclic) bond motifs is 1. The highest BCUT2D eigenvalue weighted by molar-refractivity contribution is 5.83. The highest BCUT2D eigenvalue weighted by Crippen LogP contribution is 2.20. The SMILES string of the molecule is C=C(NCCc1c[nH]c2ccc(C)cc12)c1ccc(C)cc1.N#Cc1ccccc1. The molecule has 0 aliphatic carbocycles. The van der Waals surface area contributed by atoms with Gasteiger partial charge in [0.15, 0.2) is 0 Å².